The zero-order valence-corrected chi connectivity index (χ0v) is 17.5. The molecule has 7 nitrogen and oxygen atoms in total. The number of benzene rings is 2. The molecule has 2 aromatic carbocycles. The highest BCUT2D eigenvalue weighted by Crippen LogP contribution is 2.22. The summed E-state index contributed by atoms with van der Waals surface area (Å²) in [6.45, 7) is 1.41. The summed E-state index contributed by atoms with van der Waals surface area (Å²) in [6, 6.07) is 10.9. The first-order valence-corrected chi connectivity index (χ1v) is 10.5. The molecule has 1 N–H and O–H groups in total. The summed E-state index contributed by atoms with van der Waals surface area (Å²) in [5.41, 5.74) is 1.40. The Morgan fingerprint density at radius 2 is 1.71 bits per heavy atom. The van der Waals surface area contributed by atoms with Crippen molar-refractivity contribution in [2.24, 2.45) is 0 Å². The van der Waals surface area contributed by atoms with Gasteiger partial charge < -0.3 is 15.0 Å². The van der Waals surface area contributed by atoms with Gasteiger partial charge in [0.2, 0.25) is 0 Å². The third kappa shape index (κ3) is 5.46. The molecule has 0 bridgehead atoms. The Hall–Kier alpha value is -2.58. The fourth-order valence-electron chi connectivity index (χ4n) is 2.26. The van der Waals surface area contributed by atoms with Crippen LogP contribution in [0.15, 0.2) is 47.4 Å². The maximum Gasteiger partial charge on any atom is 0.340 e. The minimum absolute atomic E-state index is 0.0317. The zero-order chi connectivity index (χ0) is 21.1. The van der Waals surface area contributed by atoms with E-state index in [1.165, 1.54) is 19.1 Å². The van der Waals surface area contributed by atoms with Crippen molar-refractivity contribution in [2.45, 2.75) is 17.9 Å². The Morgan fingerprint density at radius 3 is 2.25 bits per heavy atom. The van der Waals surface area contributed by atoms with Gasteiger partial charge in [-0.1, -0.05) is 11.6 Å². The van der Waals surface area contributed by atoms with Gasteiger partial charge in [0.15, 0.2) is 15.9 Å². The number of nitrogens with zero attached hydrogens (tertiary/aromatic N) is 1. The standard InChI is InChI=1S/C19H21ClN2O5S/c1-12(18(23)21-13-5-7-14(8-6-13)22(2)3)27-19(24)16-11-15(28(4,25)26)9-10-17(16)20/h5-12H,1-4H3,(H,21,23)/t12-/m0/s1. The van der Waals surface area contributed by atoms with Crippen molar-refractivity contribution in [3.05, 3.63) is 53.1 Å². The van der Waals surface area contributed by atoms with Crippen LogP contribution in [0, 0.1) is 0 Å². The van der Waals surface area contributed by atoms with Crippen LogP contribution >= 0.6 is 11.6 Å². The number of nitrogens with one attached hydrogen (secondary N) is 1. The molecule has 0 aliphatic rings. The molecule has 0 fully saturated rings. The first kappa shape index (κ1) is 21.7. The number of rotatable bonds is 6. The Labute approximate surface area is 169 Å². The lowest BCUT2D eigenvalue weighted by molar-refractivity contribution is -0.123. The molecule has 1 amide bonds. The summed E-state index contributed by atoms with van der Waals surface area (Å²) in [6.07, 6.45) is -0.0952. The number of amides is 1. The summed E-state index contributed by atoms with van der Waals surface area (Å²) in [4.78, 5) is 26.5. The van der Waals surface area contributed by atoms with E-state index < -0.39 is 27.8 Å². The van der Waals surface area contributed by atoms with Crippen LogP contribution in [0.5, 0.6) is 0 Å². The number of hydrogen-bond donors (Lipinski definition) is 1. The van der Waals surface area contributed by atoms with Crippen LogP contribution in [0.3, 0.4) is 0 Å². The van der Waals surface area contributed by atoms with Crippen molar-refractivity contribution < 1.29 is 22.7 Å². The van der Waals surface area contributed by atoms with Crippen molar-refractivity contribution in [3.8, 4) is 0 Å². The SMILES string of the molecule is C[C@H](OC(=O)c1cc(S(C)(=O)=O)ccc1Cl)C(=O)Nc1ccc(N(C)C)cc1. The molecule has 0 aliphatic heterocycles. The summed E-state index contributed by atoms with van der Waals surface area (Å²) in [5, 5.41) is 2.68. The monoisotopic (exact) mass is 424 g/mol. The molecular formula is C19H21ClN2O5S. The molecule has 0 saturated heterocycles. The normalized spacial score (nSPS) is 12.2. The van der Waals surface area contributed by atoms with Crippen molar-refractivity contribution >= 4 is 44.7 Å². The molecule has 0 aliphatic carbocycles. The highest BCUT2D eigenvalue weighted by molar-refractivity contribution is 7.90. The van der Waals surface area contributed by atoms with E-state index in [2.05, 4.69) is 5.32 Å². The molecule has 0 heterocycles. The molecule has 150 valence electrons. The Morgan fingerprint density at radius 1 is 1.11 bits per heavy atom. The Kier molecular flexibility index (Phi) is 6.69. The van der Waals surface area contributed by atoms with Crippen molar-refractivity contribution in [2.75, 3.05) is 30.6 Å². The minimum Gasteiger partial charge on any atom is -0.449 e. The lowest BCUT2D eigenvalue weighted by atomic mass is 10.2. The second-order valence-electron chi connectivity index (χ2n) is 6.39. The van der Waals surface area contributed by atoms with E-state index in [1.807, 2.05) is 31.1 Å². The van der Waals surface area contributed by atoms with Gasteiger partial charge in [-0.25, -0.2) is 13.2 Å². The lowest BCUT2D eigenvalue weighted by Gasteiger charge is -2.16. The van der Waals surface area contributed by atoms with Gasteiger partial charge in [-0.3, -0.25) is 4.79 Å². The summed E-state index contributed by atoms with van der Waals surface area (Å²) in [7, 11) is 0.284. The topological polar surface area (TPSA) is 92.8 Å². The predicted molar refractivity (Wildman–Crippen MR) is 109 cm³/mol. The summed E-state index contributed by atoms with van der Waals surface area (Å²) < 4.78 is 28.5. The van der Waals surface area contributed by atoms with Gasteiger partial charge in [-0.05, 0) is 49.4 Å². The van der Waals surface area contributed by atoms with E-state index in [0.29, 0.717) is 5.69 Å². The summed E-state index contributed by atoms with van der Waals surface area (Å²) in [5.74, 6) is -1.41. The van der Waals surface area contributed by atoms with Gasteiger partial charge in [-0.15, -0.1) is 0 Å². The largest absolute Gasteiger partial charge is 0.449 e. The van der Waals surface area contributed by atoms with Crippen LogP contribution in [-0.4, -0.2) is 46.7 Å². The molecule has 0 unspecified atom stereocenters. The zero-order valence-electron chi connectivity index (χ0n) is 15.9. The highest BCUT2D eigenvalue weighted by atomic mass is 35.5. The van der Waals surface area contributed by atoms with E-state index in [1.54, 1.807) is 12.1 Å². The smallest absolute Gasteiger partial charge is 0.340 e. The average molecular weight is 425 g/mol. The van der Waals surface area contributed by atoms with Crippen LogP contribution in [0.2, 0.25) is 5.02 Å². The van der Waals surface area contributed by atoms with Gasteiger partial charge >= 0.3 is 5.97 Å². The average Bonchev–Trinajstić information content (AvgIpc) is 2.61. The van der Waals surface area contributed by atoms with E-state index in [4.69, 9.17) is 16.3 Å². The maximum absolute atomic E-state index is 12.3. The van der Waals surface area contributed by atoms with E-state index in [0.717, 1.165) is 18.0 Å². The third-order valence-electron chi connectivity index (χ3n) is 3.89. The van der Waals surface area contributed by atoms with Crippen LogP contribution < -0.4 is 10.2 Å². The van der Waals surface area contributed by atoms with Crippen LogP contribution in [0.25, 0.3) is 0 Å². The number of esters is 1. The second kappa shape index (κ2) is 8.62. The van der Waals surface area contributed by atoms with Gasteiger partial charge in [-0.2, -0.15) is 0 Å². The predicted octanol–water partition coefficient (Wildman–Crippen LogP) is 2.99. The molecule has 28 heavy (non-hydrogen) atoms. The van der Waals surface area contributed by atoms with Crippen molar-refractivity contribution in [3.63, 3.8) is 0 Å². The van der Waals surface area contributed by atoms with E-state index >= 15 is 0 Å². The number of halogens is 1. The van der Waals surface area contributed by atoms with E-state index in [-0.39, 0.29) is 15.5 Å². The summed E-state index contributed by atoms with van der Waals surface area (Å²) >= 11 is 5.97. The number of anilines is 2. The first-order chi connectivity index (χ1) is 13.0. The van der Waals surface area contributed by atoms with Crippen LogP contribution in [-0.2, 0) is 19.4 Å². The van der Waals surface area contributed by atoms with Crippen LogP contribution in [0.1, 0.15) is 17.3 Å². The minimum atomic E-state index is -3.52. The molecule has 2 rings (SSSR count). The second-order valence-corrected chi connectivity index (χ2v) is 8.81. The number of carbonyl (C=O) groups excluding carboxylic acids is 2. The Balaban J connectivity index is 2.08. The molecule has 1 atom stereocenters. The lowest BCUT2D eigenvalue weighted by Crippen LogP contribution is -2.30. The molecule has 0 spiro atoms. The van der Waals surface area contributed by atoms with Gasteiger partial charge in [0, 0.05) is 31.7 Å². The quantitative estimate of drug-likeness (QED) is 0.716. The molecule has 0 radical (unpaired) electrons. The van der Waals surface area contributed by atoms with Crippen LogP contribution in [0.4, 0.5) is 11.4 Å². The highest BCUT2D eigenvalue weighted by Gasteiger charge is 2.22. The Bertz CT molecular complexity index is 988. The number of hydrogen-bond acceptors (Lipinski definition) is 6. The number of carbonyl (C=O) groups is 2. The fraction of sp³-hybridized carbons (Fsp3) is 0.263. The van der Waals surface area contributed by atoms with Gasteiger partial charge in [0.25, 0.3) is 5.91 Å². The molecular weight excluding hydrogens is 404 g/mol. The first-order valence-electron chi connectivity index (χ1n) is 8.28. The third-order valence-corrected chi connectivity index (χ3v) is 5.33. The van der Waals surface area contributed by atoms with Crippen molar-refractivity contribution in [1.82, 2.24) is 0 Å². The maximum atomic E-state index is 12.3. The van der Waals surface area contributed by atoms with Gasteiger partial charge in [0.05, 0.1) is 15.5 Å². The molecule has 2 aromatic rings. The number of sulfone groups is 1. The fourth-order valence-corrected chi connectivity index (χ4v) is 3.10. The molecule has 0 saturated carbocycles. The molecule has 0 aromatic heterocycles. The van der Waals surface area contributed by atoms with E-state index in [9.17, 15) is 18.0 Å². The molecule has 9 heteroatoms. The van der Waals surface area contributed by atoms with Gasteiger partial charge in [0.1, 0.15) is 0 Å². The van der Waals surface area contributed by atoms with Crippen molar-refractivity contribution in [1.29, 1.82) is 0 Å². The number of ether oxygens (including phenoxy) is 1.